The molecule has 0 aliphatic carbocycles. The van der Waals surface area contributed by atoms with E-state index in [-0.39, 0.29) is 5.52 Å². The second-order valence-electron chi connectivity index (χ2n) is 4.28. The van der Waals surface area contributed by atoms with Crippen molar-refractivity contribution >= 4 is 22.6 Å². The zero-order valence-electron chi connectivity index (χ0n) is 9.97. The van der Waals surface area contributed by atoms with Crippen molar-refractivity contribution in [1.29, 1.82) is 0 Å². The summed E-state index contributed by atoms with van der Waals surface area (Å²) in [6.07, 6.45) is 0. The van der Waals surface area contributed by atoms with E-state index in [2.05, 4.69) is 9.97 Å². The lowest BCUT2D eigenvalue weighted by atomic mass is 10.1. The summed E-state index contributed by atoms with van der Waals surface area (Å²) in [5.41, 5.74) is 2.05. The van der Waals surface area contributed by atoms with Gasteiger partial charge in [0.1, 0.15) is 17.2 Å². The third-order valence-electron chi connectivity index (χ3n) is 3.03. The van der Waals surface area contributed by atoms with E-state index in [1.165, 1.54) is 6.07 Å². The number of aromatic amines is 1. The van der Waals surface area contributed by atoms with Crippen LogP contribution in [-0.4, -0.2) is 9.97 Å². The van der Waals surface area contributed by atoms with Crippen molar-refractivity contribution < 1.29 is 8.78 Å². The lowest BCUT2D eigenvalue weighted by Crippen LogP contribution is -1.86. The van der Waals surface area contributed by atoms with Crippen molar-refractivity contribution in [3.05, 3.63) is 52.6 Å². The van der Waals surface area contributed by atoms with E-state index in [1.54, 1.807) is 12.1 Å². The molecule has 0 spiro atoms. The molecule has 19 heavy (non-hydrogen) atoms. The summed E-state index contributed by atoms with van der Waals surface area (Å²) in [6.45, 7) is 1.85. The van der Waals surface area contributed by atoms with Gasteiger partial charge in [0.25, 0.3) is 0 Å². The average molecular weight is 279 g/mol. The fourth-order valence-corrected chi connectivity index (χ4v) is 2.21. The molecule has 96 valence electrons. The summed E-state index contributed by atoms with van der Waals surface area (Å²) in [7, 11) is 0. The average Bonchev–Trinajstić information content (AvgIpc) is 2.76. The van der Waals surface area contributed by atoms with Crippen LogP contribution in [0.25, 0.3) is 22.4 Å². The molecule has 0 saturated heterocycles. The standard InChI is InChI=1S/C14H9ClF2N2/c1-7-9(3-2-4-10(7)15)14-18-12-6-8(16)5-11(17)13(12)19-14/h2-6H,1H3,(H,18,19). The van der Waals surface area contributed by atoms with Crippen molar-refractivity contribution in [3.63, 3.8) is 0 Å². The Hall–Kier alpha value is -1.94. The van der Waals surface area contributed by atoms with E-state index < -0.39 is 11.6 Å². The van der Waals surface area contributed by atoms with Crippen molar-refractivity contribution in [3.8, 4) is 11.4 Å². The van der Waals surface area contributed by atoms with Crippen molar-refractivity contribution in [2.24, 2.45) is 0 Å². The number of imidazole rings is 1. The Balaban J connectivity index is 2.26. The molecule has 0 bridgehead atoms. The number of aromatic nitrogens is 2. The molecule has 0 atom stereocenters. The van der Waals surface area contributed by atoms with E-state index in [0.717, 1.165) is 17.2 Å². The molecule has 3 rings (SSSR count). The highest BCUT2D eigenvalue weighted by Crippen LogP contribution is 2.28. The number of hydrogen-bond donors (Lipinski definition) is 1. The number of hydrogen-bond acceptors (Lipinski definition) is 1. The van der Waals surface area contributed by atoms with Crippen LogP contribution in [0, 0.1) is 18.6 Å². The molecule has 0 fully saturated rings. The second kappa shape index (κ2) is 4.31. The monoisotopic (exact) mass is 278 g/mol. The maximum atomic E-state index is 13.6. The summed E-state index contributed by atoms with van der Waals surface area (Å²) in [5.74, 6) is -0.848. The first-order valence-corrected chi connectivity index (χ1v) is 6.04. The highest BCUT2D eigenvalue weighted by Gasteiger charge is 2.13. The van der Waals surface area contributed by atoms with Crippen LogP contribution in [0.5, 0.6) is 0 Å². The lowest BCUT2D eigenvalue weighted by Gasteiger charge is -2.03. The van der Waals surface area contributed by atoms with Gasteiger partial charge in [-0.25, -0.2) is 13.8 Å². The first-order chi connectivity index (χ1) is 9.06. The predicted molar refractivity (Wildman–Crippen MR) is 71.2 cm³/mol. The van der Waals surface area contributed by atoms with Crippen molar-refractivity contribution in [2.45, 2.75) is 6.92 Å². The minimum atomic E-state index is -0.683. The molecule has 2 aromatic carbocycles. The van der Waals surface area contributed by atoms with Gasteiger partial charge in [0.05, 0.1) is 5.52 Å². The minimum Gasteiger partial charge on any atom is -0.338 e. The van der Waals surface area contributed by atoms with Crippen LogP contribution in [0.4, 0.5) is 8.78 Å². The lowest BCUT2D eigenvalue weighted by molar-refractivity contribution is 0.591. The third-order valence-corrected chi connectivity index (χ3v) is 3.44. The molecule has 1 aromatic heterocycles. The topological polar surface area (TPSA) is 28.7 Å². The number of H-pyrrole nitrogens is 1. The number of fused-ring (bicyclic) bond motifs is 1. The molecule has 1 heterocycles. The Kier molecular flexibility index (Phi) is 2.75. The van der Waals surface area contributed by atoms with Gasteiger partial charge in [-0.15, -0.1) is 0 Å². The van der Waals surface area contributed by atoms with Gasteiger partial charge in [-0.2, -0.15) is 0 Å². The van der Waals surface area contributed by atoms with Gasteiger partial charge in [-0.3, -0.25) is 0 Å². The SMILES string of the molecule is Cc1c(Cl)cccc1-c1nc2c(F)cc(F)cc2[nH]1. The fourth-order valence-electron chi connectivity index (χ4n) is 2.03. The Morgan fingerprint density at radius 1 is 1.21 bits per heavy atom. The summed E-state index contributed by atoms with van der Waals surface area (Å²) in [4.78, 5) is 7.08. The van der Waals surface area contributed by atoms with Crippen LogP contribution in [0.15, 0.2) is 30.3 Å². The van der Waals surface area contributed by atoms with Crippen LogP contribution in [-0.2, 0) is 0 Å². The van der Waals surface area contributed by atoms with Gasteiger partial charge >= 0.3 is 0 Å². The Morgan fingerprint density at radius 3 is 2.79 bits per heavy atom. The zero-order chi connectivity index (χ0) is 13.6. The Morgan fingerprint density at radius 2 is 2.00 bits per heavy atom. The molecule has 5 heteroatoms. The van der Waals surface area contributed by atoms with E-state index >= 15 is 0 Å². The van der Waals surface area contributed by atoms with E-state index in [9.17, 15) is 8.78 Å². The predicted octanol–water partition coefficient (Wildman–Crippen LogP) is 4.47. The van der Waals surface area contributed by atoms with Gasteiger partial charge in [0, 0.05) is 16.7 Å². The van der Waals surface area contributed by atoms with E-state index in [1.807, 2.05) is 13.0 Å². The molecule has 0 aliphatic heterocycles. The van der Waals surface area contributed by atoms with Gasteiger partial charge in [0.15, 0.2) is 5.82 Å². The summed E-state index contributed by atoms with van der Waals surface area (Å²) in [6, 6.07) is 7.41. The number of nitrogens with zero attached hydrogens (tertiary/aromatic N) is 1. The van der Waals surface area contributed by atoms with Gasteiger partial charge in [0.2, 0.25) is 0 Å². The van der Waals surface area contributed by atoms with Gasteiger partial charge in [-0.05, 0) is 24.6 Å². The zero-order valence-corrected chi connectivity index (χ0v) is 10.7. The highest BCUT2D eigenvalue weighted by molar-refractivity contribution is 6.31. The molecule has 0 saturated carbocycles. The molecule has 2 nitrogen and oxygen atoms in total. The number of nitrogens with one attached hydrogen (secondary N) is 1. The van der Waals surface area contributed by atoms with Crippen LogP contribution in [0.2, 0.25) is 5.02 Å². The maximum Gasteiger partial charge on any atom is 0.153 e. The molecule has 1 N–H and O–H groups in total. The summed E-state index contributed by atoms with van der Waals surface area (Å²) >= 11 is 6.04. The maximum absolute atomic E-state index is 13.6. The van der Waals surface area contributed by atoms with Gasteiger partial charge in [-0.1, -0.05) is 23.7 Å². The summed E-state index contributed by atoms with van der Waals surface area (Å²) in [5, 5.41) is 0.601. The quantitative estimate of drug-likeness (QED) is 0.699. The van der Waals surface area contributed by atoms with Crippen LogP contribution in [0.3, 0.4) is 0 Å². The van der Waals surface area contributed by atoms with Crippen molar-refractivity contribution in [2.75, 3.05) is 0 Å². The molecular formula is C14H9ClF2N2. The number of benzene rings is 2. The molecule has 0 amide bonds. The van der Waals surface area contributed by atoms with Crippen LogP contribution >= 0.6 is 11.6 Å². The van der Waals surface area contributed by atoms with Crippen LogP contribution < -0.4 is 0 Å². The van der Waals surface area contributed by atoms with E-state index in [4.69, 9.17) is 11.6 Å². The summed E-state index contributed by atoms with van der Waals surface area (Å²) < 4.78 is 26.8. The number of halogens is 3. The second-order valence-corrected chi connectivity index (χ2v) is 4.69. The largest absolute Gasteiger partial charge is 0.338 e. The molecule has 0 aliphatic rings. The Labute approximate surface area is 113 Å². The first kappa shape index (κ1) is 12.1. The third kappa shape index (κ3) is 1.98. The highest BCUT2D eigenvalue weighted by atomic mass is 35.5. The molecular weight excluding hydrogens is 270 g/mol. The normalized spacial score (nSPS) is 11.2. The minimum absolute atomic E-state index is 0.121. The van der Waals surface area contributed by atoms with Crippen LogP contribution in [0.1, 0.15) is 5.56 Å². The smallest absolute Gasteiger partial charge is 0.153 e. The number of rotatable bonds is 1. The molecule has 3 aromatic rings. The first-order valence-electron chi connectivity index (χ1n) is 5.66. The fraction of sp³-hybridized carbons (Fsp3) is 0.0714. The Bertz CT molecular complexity index is 780. The molecule has 0 unspecified atom stereocenters. The van der Waals surface area contributed by atoms with Gasteiger partial charge < -0.3 is 4.98 Å². The van der Waals surface area contributed by atoms with E-state index in [0.29, 0.717) is 16.4 Å². The van der Waals surface area contributed by atoms with Crippen molar-refractivity contribution in [1.82, 2.24) is 9.97 Å². The molecule has 0 radical (unpaired) electrons.